The molecule has 0 aromatic heterocycles. The first kappa shape index (κ1) is 18.5. The number of hydrogen-bond acceptors (Lipinski definition) is 4. The van der Waals surface area contributed by atoms with Gasteiger partial charge in [-0.2, -0.15) is 0 Å². The van der Waals surface area contributed by atoms with Gasteiger partial charge in [0, 0.05) is 11.3 Å². The predicted octanol–water partition coefficient (Wildman–Crippen LogP) is 3.23. The van der Waals surface area contributed by atoms with Gasteiger partial charge < -0.3 is 20.1 Å². The highest BCUT2D eigenvalue weighted by molar-refractivity contribution is 5.85. The first-order valence-corrected chi connectivity index (χ1v) is 8.61. The monoisotopic (exact) mass is 366 g/mol. The fourth-order valence-electron chi connectivity index (χ4n) is 3.07. The van der Waals surface area contributed by atoms with Gasteiger partial charge in [-0.3, -0.25) is 4.79 Å². The average molecular weight is 366 g/mol. The van der Waals surface area contributed by atoms with Gasteiger partial charge in [0.2, 0.25) is 0 Å². The second-order valence-electron chi connectivity index (χ2n) is 6.41. The smallest absolute Gasteiger partial charge is 0.319 e. The molecule has 6 nitrogen and oxygen atoms in total. The molecule has 2 aromatic rings. The van der Waals surface area contributed by atoms with Gasteiger partial charge in [0.1, 0.15) is 18.3 Å². The molecular weight excluding hydrogens is 344 g/mol. The maximum Gasteiger partial charge on any atom is 0.319 e. The van der Waals surface area contributed by atoms with Crippen LogP contribution in [0.5, 0.6) is 5.75 Å². The van der Waals surface area contributed by atoms with Crippen molar-refractivity contribution in [3.63, 3.8) is 0 Å². The van der Waals surface area contributed by atoms with Crippen LogP contribution in [0.4, 0.5) is 4.79 Å². The summed E-state index contributed by atoms with van der Waals surface area (Å²) in [7, 11) is 1.54. The van der Waals surface area contributed by atoms with E-state index in [1.54, 1.807) is 13.2 Å². The molecule has 27 heavy (non-hydrogen) atoms. The zero-order valence-corrected chi connectivity index (χ0v) is 15.3. The fourth-order valence-corrected chi connectivity index (χ4v) is 3.07. The Morgan fingerprint density at radius 2 is 1.85 bits per heavy atom. The topological polar surface area (TPSA) is 76.7 Å². The summed E-state index contributed by atoms with van der Waals surface area (Å²) in [5.74, 6) is -0.665. The molecule has 140 valence electrons. The fraction of sp³-hybridized carbons (Fsp3) is 0.238. The lowest BCUT2D eigenvalue weighted by Gasteiger charge is -2.33. The van der Waals surface area contributed by atoms with E-state index in [0.717, 1.165) is 11.1 Å². The van der Waals surface area contributed by atoms with E-state index in [9.17, 15) is 9.59 Å². The Morgan fingerprint density at radius 3 is 2.56 bits per heavy atom. The second kappa shape index (κ2) is 7.95. The number of para-hydroxylation sites is 1. The molecule has 1 aliphatic heterocycles. The number of benzene rings is 2. The molecule has 0 spiro atoms. The van der Waals surface area contributed by atoms with Crippen molar-refractivity contribution in [1.29, 1.82) is 0 Å². The van der Waals surface area contributed by atoms with Gasteiger partial charge in [0.05, 0.1) is 13.2 Å². The number of urea groups is 1. The largest absolute Gasteiger partial charge is 0.496 e. The first-order chi connectivity index (χ1) is 13.0. The Labute approximate surface area is 158 Å². The lowest BCUT2D eigenvalue weighted by Crippen LogP contribution is -2.51. The molecule has 0 bridgehead atoms. The number of rotatable bonds is 5. The summed E-state index contributed by atoms with van der Waals surface area (Å²) in [5, 5.41) is 5.35. The van der Waals surface area contributed by atoms with Crippen LogP contribution in [0, 0.1) is 12.8 Å². The molecular formula is C21H22N2O4. The van der Waals surface area contributed by atoms with Crippen molar-refractivity contribution in [2.75, 3.05) is 7.11 Å². The molecule has 3 rings (SSSR count). The van der Waals surface area contributed by atoms with Crippen LogP contribution in [0.25, 0.3) is 0 Å². The highest BCUT2D eigenvalue weighted by Gasteiger charge is 2.40. The Morgan fingerprint density at radius 1 is 1.15 bits per heavy atom. The molecule has 1 heterocycles. The predicted molar refractivity (Wildman–Crippen MR) is 101 cm³/mol. The zero-order chi connectivity index (χ0) is 19.4. The van der Waals surface area contributed by atoms with Crippen molar-refractivity contribution in [1.82, 2.24) is 10.6 Å². The maximum absolute atomic E-state index is 12.8. The van der Waals surface area contributed by atoms with Crippen LogP contribution in [0.15, 0.2) is 60.8 Å². The molecule has 1 saturated heterocycles. The van der Waals surface area contributed by atoms with Crippen molar-refractivity contribution in [3.8, 4) is 5.75 Å². The van der Waals surface area contributed by atoms with Gasteiger partial charge in [-0.15, -0.1) is 0 Å². The van der Waals surface area contributed by atoms with Crippen LogP contribution in [0.2, 0.25) is 0 Å². The number of carbonyl (C=O) groups is 2. The quantitative estimate of drug-likeness (QED) is 0.797. The van der Waals surface area contributed by atoms with Gasteiger partial charge >= 0.3 is 12.0 Å². The van der Waals surface area contributed by atoms with E-state index in [2.05, 4.69) is 17.2 Å². The summed E-state index contributed by atoms with van der Waals surface area (Å²) in [6, 6.07) is 13.9. The van der Waals surface area contributed by atoms with Crippen LogP contribution in [-0.2, 0) is 16.1 Å². The molecule has 2 N–H and O–H groups in total. The number of ether oxygens (including phenoxy) is 2. The SMILES string of the molecule is C=C1NC(=O)NC(c2ccccc2OC)C1C(=O)OCc1ccc(C)cc1. The molecule has 0 radical (unpaired) electrons. The molecule has 2 amide bonds. The summed E-state index contributed by atoms with van der Waals surface area (Å²) in [6.45, 7) is 5.99. The van der Waals surface area contributed by atoms with Gasteiger partial charge in [0.25, 0.3) is 0 Å². The van der Waals surface area contributed by atoms with Gasteiger partial charge in [0.15, 0.2) is 0 Å². The number of carbonyl (C=O) groups excluding carboxylic acids is 2. The van der Waals surface area contributed by atoms with Gasteiger partial charge in [-0.25, -0.2) is 4.79 Å². The summed E-state index contributed by atoms with van der Waals surface area (Å²) < 4.78 is 10.9. The second-order valence-corrected chi connectivity index (χ2v) is 6.41. The lowest BCUT2D eigenvalue weighted by molar-refractivity contribution is -0.149. The van der Waals surface area contributed by atoms with Gasteiger partial charge in [-0.1, -0.05) is 54.6 Å². The van der Waals surface area contributed by atoms with Crippen LogP contribution in [0.3, 0.4) is 0 Å². The highest BCUT2D eigenvalue weighted by atomic mass is 16.5. The van der Waals surface area contributed by atoms with E-state index in [-0.39, 0.29) is 6.61 Å². The summed E-state index contributed by atoms with van der Waals surface area (Å²) in [5.41, 5.74) is 3.01. The van der Waals surface area contributed by atoms with Crippen LogP contribution in [0.1, 0.15) is 22.7 Å². The minimum Gasteiger partial charge on any atom is -0.496 e. The van der Waals surface area contributed by atoms with Crippen molar-refractivity contribution < 1.29 is 19.1 Å². The number of amides is 2. The van der Waals surface area contributed by atoms with E-state index >= 15 is 0 Å². The maximum atomic E-state index is 12.8. The standard InChI is InChI=1S/C21H22N2O4/c1-13-8-10-15(11-9-13)12-27-20(24)18-14(2)22-21(25)23-19(18)16-6-4-5-7-17(16)26-3/h4-11,18-19H,2,12H2,1,3H3,(H2,22,23,25). The normalized spacial score (nSPS) is 19.0. The van der Waals surface area contributed by atoms with E-state index in [1.807, 2.05) is 49.4 Å². The van der Waals surface area contributed by atoms with Crippen molar-refractivity contribution in [2.45, 2.75) is 19.6 Å². The summed E-state index contributed by atoms with van der Waals surface area (Å²) in [6.07, 6.45) is 0. The van der Waals surface area contributed by atoms with E-state index < -0.39 is 24.0 Å². The van der Waals surface area contributed by atoms with E-state index in [0.29, 0.717) is 17.0 Å². The van der Waals surface area contributed by atoms with Crippen molar-refractivity contribution >= 4 is 12.0 Å². The first-order valence-electron chi connectivity index (χ1n) is 8.61. The number of esters is 1. The zero-order valence-electron chi connectivity index (χ0n) is 15.3. The minimum absolute atomic E-state index is 0.148. The average Bonchev–Trinajstić information content (AvgIpc) is 2.66. The van der Waals surface area contributed by atoms with Gasteiger partial charge in [-0.05, 0) is 18.6 Å². The third-order valence-corrected chi connectivity index (χ3v) is 4.50. The van der Waals surface area contributed by atoms with Crippen LogP contribution in [-0.4, -0.2) is 19.1 Å². The molecule has 0 saturated carbocycles. The molecule has 2 aromatic carbocycles. The minimum atomic E-state index is -0.774. The number of hydrogen-bond donors (Lipinski definition) is 2. The van der Waals surface area contributed by atoms with E-state index in [4.69, 9.17) is 9.47 Å². The number of methoxy groups -OCH3 is 1. The van der Waals surface area contributed by atoms with Crippen LogP contribution >= 0.6 is 0 Å². The third kappa shape index (κ3) is 4.11. The Kier molecular flexibility index (Phi) is 5.45. The molecule has 2 unspecified atom stereocenters. The Bertz CT molecular complexity index is 861. The molecule has 6 heteroatoms. The van der Waals surface area contributed by atoms with E-state index in [1.165, 1.54) is 0 Å². The highest BCUT2D eigenvalue weighted by Crippen LogP contribution is 2.35. The van der Waals surface area contributed by atoms with Crippen molar-refractivity contribution in [2.24, 2.45) is 5.92 Å². The lowest BCUT2D eigenvalue weighted by atomic mass is 9.88. The Balaban J connectivity index is 1.82. The summed E-state index contributed by atoms with van der Waals surface area (Å²) >= 11 is 0. The third-order valence-electron chi connectivity index (χ3n) is 4.50. The Hall–Kier alpha value is -3.28. The number of nitrogens with one attached hydrogen (secondary N) is 2. The summed E-state index contributed by atoms with van der Waals surface area (Å²) in [4.78, 5) is 24.8. The van der Waals surface area contributed by atoms with Crippen LogP contribution < -0.4 is 15.4 Å². The number of aryl methyl sites for hydroxylation is 1. The molecule has 2 atom stereocenters. The molecule has 0 aliphatic carbocycles. The molecule has 1 fully saturated rings. The molecule has 1 aliphatic rings. The van der Waals surface area contributed by atoms with Crippen molar-refractivity contribution in [3.05, 3.63) is 77.5 Å².